The number of methoxy groups -OCH3 is 1. The maximum Gasteiger partial charge on any atom is 0.341 e. The average molecular weight is 481 g/mol. The van der Waals surface area contributed by atoms with Gasteiger partial charge in [-0.3, -0.25) is 19.3 Å². The first-order valence-electron chi connectivity index (χ1n) is 11.2. The molecule has 3 amide bonds. The molecule has 3 aliphatic rings. The number of imide groups is 1. The molecule has 0 spiro atoms. The van der Waals surface area contributed by atoms with Crippen LogP contribution in [0.5, 0.6) is 5.75 Å². The summed E-state index contributed by atoms with van der Waals surface area (Å²) in [7, 11) is 1.57. The molecule has 9 heteroatoms. The van der Waals surface area contributed by atoms with Gasteiger partial charge in [0.05, 0.1) is 25.6 Å². The second-order valence-corrected chi connectivity index (χ2v) is 9.49. The van der Waals surface area contributed by atoms with E-state index in [-0.39, 0.29) is 54.2 Å². The Morgan fingerprint density at radius 2 is 1.74 bits per heavy atom. The van der Waals surface area contributed by atoms with Crippen LogP contribution in [0.15, 0.2) is 41.8 Å². The number of amides is 3. The first-order chi connectivity index (χ1) is 16.4. The summed E-state index contributed by atoms with van der Waals surface area (Å²) in [6.07, 6.45) is 4.86. The van der Waals surface area contributed by atoms with Crippen molar-refractivity contribution in [3.8, 4) is 16.9 Å². The molecular weight excluding hydrogens is 456 g/mol. The van der Waals surface area contributed by atoms with Gasteiger partial charge in [-0.05, 0) is 42.9 Å². The second-order valence-electron chi connectivity index (χ2n) is 8.61. The number of benzene rings is 1. The third kappa shape index (κ3) is 3.60. The molecule has 1 N–H and O–H groups in total. The van der Waals surface area contributed by atoms with E-state index in [0.717, 1.165) is 16.9 Å². The second kappa shape index (κ2) is 8.72. The van der Waals surface area contributed by atoms with Crippen molar-refractivity contribution in [2.75, 3.05) is 25.6 Å². The molecule has 2 aliphatic carbocycles. The van der Waals surface area contributed by atoms with Gasteiger partial charge in [0, 0.05) is 10.9 Å². The largest absolute Gasteiger partial charge is 0.497 e. The lowest BCUT2D eigenvalue weighted by Crippen LogP contribution is -2.39. The van der Waals surface area contributed by atoms with Crippen LogP contribution in [0, 0.1) is 23.7 Å². The molecule has 8 nitrogen and oxygen atoms in total. The maximum atomic E-state index is 12.9. The first kappa shape index (κ1) is 22.3. The van der Waals surface area contributed by atoms with Gasteiger partial charge in [-0.25, -0.2) is 4.79 Å². The number of carbonyl (C=O) groups is 4. The van der Waals surface area contributed by atoms with Crippen LogP contribution in [0.25, 0.3) is 11.1 Å². The summed E-state index contributed by atoms with van der Waals surface area (Å²) in [4.78, 5) is 52.5. The molecule has 0 radical (unpaired) electrons. The number of anilines is 1. The van der Waals surface area contributed by atoms with E-state index in [4.69, 9.17) is 9.47 Å². The quantitative estimate of drug-likeness (QED) is 0.371. The Morgan fingerprint density at radius 1 is 1.09 bits per heavy atom. The summed E-state index contributed by atoms with van der Waals surface area (Å²) in [5.74, 6) is -1.51. The van der Waals surface area contributed by atoms with Crippen LogP contribution in [-0.4, -0.2) is 48.9 Å². The minimum Gasteiger partial charge on any atom is -0.497 e. The number of thiophene rings is 1. The van der Waals surface area contributed by atoms with E-state index in [2.05, 4.69) is 5.32 Å². The van der Waals surface area contributed by atoms with Crippen LogP contribution in [-0.2, 0) is 19.1 Å². The number of esters is 1. The molecular formula is C25H24N2O6S. The minimum absolute atomic E-state index is 0.0827. The van der Waals surface area contributed by atoms with E-state index >= 15 is 0 Å². The van der Waals surface area contributed by atoms with Gasteiger partial charge >= 0.3 is 5.97 Å². The molecule has 2 heterocycles. The number of hydrogen-bond acceptors (Lipinski definition) is 7. The lowest BCUT2D eigenvalue weighted by Gasteiger charge is -2.17. The molecule has 34 heavy (non-hydrogen) atoms. The van der Waals surface area contributed by atoms with E-state index in [1.807, 2.05) is 24.3 Å². The monoisotopic (exact) mass is 480 g/mol. The number of allylic oxidation sites excluding steroid dienone is 2. The summed E-state index contributed by atoms with van der Waals surface area (Å²) in [5.41, 5.74) is 1.62. The Bertz CT molecular complexity index is 1170. The molecule has 2 aromatic rings. The molecule has 1 saturated carbocycles. The van der Waals surface area contributed by atoms with Crippen LogP contribution >= 0.6 is 11.3 Å². The number of hydrogen-bond donors (Lipinski definition) is 1. The zero-order valence-electron chi connectivity index (χ0n) is 18.8. The van der Waals surface area contributed by atoms with Crippen molar-refractivity contribution in [2.45, 2.75) is 13.3 Å². The fourth-order valence-corrected chi connectivity index (χ4v) is 6.24. The number of nitrogens with zero attached hydrogens (tertiary/aromatic N) is 1. The third-order valence-corrected chi connectivity index (χ3v) is 7.68. The first-order valence-corrected chi connectivity index (χ1v) is 12.1. The van der Waals surface area contributed by atoms with Crippen molar-refractivity contribution in [1.82, 2.24) is 4.90 Å². The zero-order chi connectivity index (χ0) is 24.0. The topological polar surface area (TPSA) is 102 Å². The van der Waals surface area contributed by atoms with Gasteiger partial charge in [0.1, 0.15) is 22.9 Å². The molecule has 176 valence electrons. The van der Waals surface area contributed by atoms with E-state index in [9.17, 15) is 19.2 Å². The van der Waals surface area contributed by atoms with Gasteiger partial charge in [-0.15, -0.1) is 11.3 Å². The van der Waals surface area contributed by atoms with Gasteiger partial charge < -0.3 is 14.8 Å². The smallest absolute Gasteiger partial charge is 0.341 e. The van der Waals surface area contributed by atoms with Crippen molar-refractivity contribution in [3.63, 3.8) is 0 Å². The Balaban J connectivity index is 1.36. The molecule has 1 saturated heterocycles. The van der Waals surface area contributed by atoms with Crippen molar-refractivity contribution in [1.29, 1.82) is 0 Å². The molecule has 1 aromatic carbocycles. The molecule has 5 rings (SSSR count). The summed E-state index contributed by atoms with van der Waals surface area (Å²) in [6, 6.07) is 7.20. The Hall–Kier alpha value is -3.46. The predicted molar refractivity (Wildman–Crippen MR) is 125 cm³/mol. The van der Waals surface area contributed by atoms with Crippen molar-refractivity contribution < 1.29 is 28.7 Å². The number of carbonyl (C=O) groups excluding carboxylic acids is 4. The SMILES string of the molecule is CCOC(=O)c1c(-c2ccc(OC)cc2)csc1NC(=O)CN1C(=O)[C@H]2[C@H](C1=O)[C@H]1C=C[C@H]2C1. The maximum absolute atomic E-state index is 12.9. The highest BCUT2D eigenvalue weighted by molar-refractivity contribution is 7.15. The Kier molecular flexibility index (Phi) is 5.73. The van der Waals surface area contributed by atoms with Gasteiger partial charge in [-0.1, -0.05) is 24.3 Å². The van der Waals surface area contributed by atoms with Crippen molar-refractivity contribution in [3.05, 3.63) is 47.4 Å². The van der Waals surface area contributed by atoms with Crippen molar-refractivity contribution in [2.24, 2.45) is 23.7 Å². The zero-order valence-corrected chi connectivity index (χ0v) is 19.6. The Morgan fingerprint density at radius 3 is 2.32 bits per heavy atom. The van der Waals surface area contributed by atoms with Gasteiger partial charge in [0.15, 0.2) is 0 Å². The Labute approximate surface area is 200 Å². The van der Waals surface area contributed by atoms with Crippen LogP contribution < -0.4 is 10.1 Å². The van der Waals surface area contributed by atoms with Gasteiger partial charge in [0.25, 0.3) is 0 Å². The summed E-state index contributed by atoms with van der Waals surface area (Å²) < 4.78 is 10.4. The predicted octanol–water partition coefficient (Wildman–Crippen LogP) is 3.35. The van der Waals surface area contributed by atoms with Crippen LogP contribution in [0.1, 0.15) is 23.7 Å². The lowest BCUT2D eigenvalue weighted by molar-refractivity contribution is -0.143. The molecule has 1 aromatic heterocycles. The highest BCUT2D eigenvalue weighted by atomic mass is 32.1. The number of nitrogens with one attached hydrogen (secondary N) is 1. The van der Waals surface area contributed by atoms with E-state index in [1.54, 1.807) is 31.5 Å². The molecule has 2 bridgehead atoms. The molecule has 2 fully saturated rings. The fourth-order valence-electron chi connectivity index (χ4n) is 5.27. The summed E-state index contributed by atoms with van der Waals surface area (Å²) in [6.45, 7) is 1.52. The number of ether oxygens (including phenoxy) is 2. The molecule has 4 atom stereocenters. The van der Waals surface area contributed by atoms with E-state index < -0.39 is 11.9 Å². The van der Waals surface area contributed by atoms with Crippen LogP contribution in [0.2, 0.25) is 0 Å². The van der Waals surface area contributed by atoms with E-state index in [0.29, 0.717) is 16.3 Å². The molecule has 1 aliphatic heterocycles. The molecule has 0 unspecified atom stereocenters. The highest BCUT2D eigenvalue weighted by Gasteiger charge is 2.59. The average Bonchev–Trinajstić information content (AvgIpc) is 3.60. The normalized spacial score (nSPS) is 24.5. The fraction of sp³-hybridized carbons (Fsp3) is 0.360. The number of rotatable bonds is 7. The third-order valence-electron chi connectivity index (χ3n) is 6.79. The minimum atomic E-state index is -0.560. The highest BCUT2D eigenvalue weighted by Crippen LogP contribution is 2.52. The summed E-state index contributed by atoms with van der Waals surface area (Å²) >= 11 is 1.19. The lowest BCUT2D eigenvalue weighted by atomic mass is 9.85. The standard InChI is InChI=1S/C25H24N2O6S/c1-3-33-25(31)21-17(13-6-8-16(32-2)9-7-13)12-34-22(21)26-18(28)11-27-23(29)19-14-4-5-15(10-14)20(19)24(27)30/h4-9,12,14-15,19-20H,3,10-11H2,1-2H3,(H,26,28)/t14-,15-,19+,20+/m0/s1. The van der Waals surface area contributed by atoms with E-state index in [1.165, 1.54) is 11.3 Å². The van der Waals surface area contributed by atoms with Gasteiger partial charge in [0.2, 0.25) is 17.7 Å². The van der Waals surface area contributed by atoms with Crippen LogP contribution in [0.3, 0.4) is 0 Å². The number of likely N-dealkylation sites (tertiary alicyclic amines) is 1. The van der Waals surface area contributed by atoms with Gasteiger partial charge in [-0.2, -0.15) is 0 Å². The number of fused-ring (bicyclic) bond motifs is 5. The summed E-state index contributed by atoms with van der Waals surface area (Å²) in [5, 5.41) is 4.81. The van der Waals surface area contributed by atoms with Crippen molar-refractivity contribution >= 4 is 40.0 Å². The van der Waals surface area contributed by atoms with Crippen LogP contribution in [0.4, 0.5) is 5.00 Å².